The molecule has 0 bridgehead atoms. The van der Waals surface area contributed by atoms with Gasteiger partial charge < -0.3 is 9.47 Å². The van der Waals surface area contributed by atoms with Gasteiger partial charge in [-0.3, -0.25) is 4.79 Å². The number of carbonyl (C=O) groups excluding carboxylic acids is 1. The Morgan fingerprint density at radius 3 is 2.62 bits per heavy atom. The fourth-order valence-electron chi connectivity index (χ4n) is 0.903. The zero-order valence-corrected chi connectivity index (χ0v) is 9.96. The highest BCUT2D eigenvalue weighted by atomic mass is 32.2. The van der Waals surface area contributed by atoms with E-state index in [4.69, 9.17) is 5.26 Å². The predicted molar refractivity (Wildman–Crippen MR) is 56.3 cm³/mol. The highest BCUT2D eigenvalue weighted by Crippen LogP contribution is 1.98. The van der Waals surface area contributed by atoms with Crippen LogP contribution in [0.15, 0.2) is 0 Å². The number of esters is 1. The molecule has 6 nitrogen and oxygen atoms in total. The number of nitriles is 1. The summed E-state index contributed by atoms with van der Waals surface area (Å²) < 4.78 is 31.9. The first kappa shape index (κ1) is 14.9. The maximum atomic E-state index is 11.3. The maximum Gasteiger partial charge on any atom is 0.321 e. The summed E-state index contributed by atoms with van der Waals surface area (Å²) in [5.74, 6) is -1.59. The minimum absolute atomic E-state index is 0.0447. The first-order chi connectivity index (χ1) is 7.52. The van der Waals surface area contributed by atoms with Gasteiger partial charge in [-0.15, -0.1) is 0 Å². The molecule has 0 fully saturated rings. The zero-order chi connectivity index (χ0) is 12.4. The molecule has 0 aromatic carbocycles. The summed E-state index contributed by atoms with van der Waals surface area (Å²) in [6, 6.07) is 1.84. The highest BCUT2D eigenvalue weighted by Gasteiger charge is 2.17. The van der Waals surface area contributed by atoms with Gasteiger partial charge in [0.2, 0.25) is 0 Å². The van der Waals surface area contributed by atoms with Gasteiger partial charge in [0.15, 0.2) is 9.84 Å². The molecule has 7 heteroatoms. The quantitative estimate of drug-likeness (QED) is 0.440. The van der Waals surface area contributed by atoms with Crippen LogP contribution in [-0.4, -0.2) is 46.2 Å². The number of hydrogen-bond acceptors (Lipinski definition) is 6. The van der Waals surface area contributed by atoms with Crippen LogP contribution in [0.25, 0.3) is 0 Å². The zero-order valence-electron chi connectivity index (χ0n) is 9.14. The van der Waals surface area contributed by atoms with Crippen molar-refractivity contribution < 1.29 is 22.7 Å². The summed E-state index contributed by atoms with van der Waals surface area (Å²) in [4.78, 5) is 11.0. The van der Waals surface area contributed by atoms with E-state index in [-0.39, 0.29) is 31.8 Å². The first-order valence-corrected chi connectivity index (χ1v) is 6.56. The van der Waals surface area contributed by atoms with E-state index in [1.807, 2.05) is 6.07 Å². The van der Waals surface area contributed by atoms with E-state index in [1.54, 1.807) is 0 Å². The minimum atomic E-state index is -3.46. The second-order valence-corrected chi connectivity index (χ2v) is 5.25. The molecule has 0 atom stereocenters. The SMILES string of the molecule is COCCOC(=O)CS(=O)(=O)CCCC#N. The molecule has 0 aliphatic heterocycles. The van der Waals surface area contributed by atoms with Crippen LogP contribution in [0.4, 0.5) is 0 Å². The van der Waals surface area contributed by atoms with Gasteiger partial charge in [0.25, 0.3) is 0 Å². The number of sulfone groups is 1. The lowest BCUT2D eigenvalue weighted by Crippen LogP contribution is -2.22. The topological polar surface area (TPSA) is 93.5 Å². The van der Waals surface area contributed by atoms with Crippen molar-refractivity contribution in [1.29, 1.82) is 5.26 Å². The van der Waals surface area contributed by atoms with Gasteiger partial charge in [-0.1, -0.05) is 0 Å². The van der Waals surface area contributed by atoms with Crippen LogP contribution in [0.2, 0.25) is 0 Å². The third kappa shape index (κ3) is 8.20. The minimum Gasteiger partial charge on any atom is -0.462 e. The third-order valence-corrected chi connectivity index (χ3v) is 3.22. The van der Waals surface area contributed by atoms with Crippen molar-refractivity contribution in [2.75, 3.05) is 31.8 Å². The average Bonchev–Trinajstić information content (AvgIpc) is 2.17. The van der Waals surface area contributed by atoms with Crippen LogP contribution in [0.3, 0.4) is 0 Å². The Hall–Kier alpha value is -1.13. The Labute approximate surface area is 95.1 Å². The van der Waals surface area contributed by atoms with Crippen molar-refractivity contribution in [2.24, 2.45) is 0 Å². The number of methoxy groups -OCH3 is 1. The number of carbonyl (C=O) groups is 1. The van der Waals surface area contributed by atoms with Gasteiger partial charge in [0.1, 0.15) is 12.4 Å². The first-order valence-electron chi connectivity index (χ1n) is 4.74. The van der Waals surface area contributed by atoms with Crippen LogP contribution in [0, 0.1) is 11.3 Å². The lowest BCUT2D eigenvalue weighted by molar-refractivity contribution is -0.141. The normalized spacial score (nSPS) is 10.8. The summed E-state index contributed by atoms with van der Waals surface area (Å²) >= 11 is 0. The largest absolute Gasteiger partial charge is 0.462 e. The lowest BCUT2D eigenvalue weighted by Gasteiger charge is -2.04. The molecule has 0 aromatic rings. The molecule has 0 aromatic heterocycles. The van der Waals surface area contributed by atoms with Crippen LogP contribution in [0.1, 0.15) is 12.8 Å². The Balaban J connectivity index is 3.88. The van der Waals surface area contributed by atoms with E-state index in [0.29, 0.717) is 0 Å². The van der Waals surface area contributed by atoms with E-state index >= 15 is 0 Å². The summed E-state index contributed by atoms with van der Waals surface area (Å²) in [7, 11) is -2.01. The van der Waals surface area contributed by atoms with Crippen LogP contribution >= 0.6 is 0 Å². The molecule has 0 spiro atoms. The molecule has 0 unspecified atom stereocenters. The molecule has 0 saturated heterocycles. The van der Waals surface area contributed by atoms with Crippen LogP contribution < -0.4 is 0 Å². The average molecular weight is 249 g/mol. The molecular formula is C9H15NO5S. The molecule has 0 aliphatic rings. The molecule has 92 valence electrons. The summed E-state index contributed by atoms with van der Waals surface area (Å²) in [6.45, 7) is 0.281. The van der Waals surface area contributed by atoms with E-state index in [9.17, 15) is 13.2 Å². The second-order valence-electron chi connectivity index (χ2n) is 3.07. The molecule has 16 heavy (non-hydrogen) atoms. The van der Waals surface area contributed by atoms with Crippen LogP contribution in [0.5, 0.6) is 0 Å². The second kappa shape index (κ2) is 8.07. The van der Waals surface area contributed by atoms with E-state index in [1.165, 1.54) is 7.11 Å². The molecule has 0 heterocycles. The summed E-state index contributed by atoms with van der Waals surface area (Å²) in [6.07, 6.45) is 0.405. The standard InChI is InChI=1S/C9H15NO5S/c1-14-5-6-15-9(11)8-16(12,13)7-3-2-4-10/h2-3,5-8H2,1H3. The molecule has 0 radical (unpaired) electrons. The number of hydrogen-bond donors (Lipinski definition) is 0. The van der Waals surface area contributed by atoms with Gasteiger partial charge in [0, 0.05) is 13.5 Å². The third-order valence-electron chi connectivity index (χ3n) is 1.63. The molecule has 0 rings (SSSR count). The summed E-state index contributed by atoms with van der Waals surface area (Å²) in [5, 5.41) is 8.24. The molecule has 0 amide bonds. The van der Waals surface area contributed by atoms with Gasteiger partial charge in [-0.25, -0.2) is 8.42 Å². The van der Waals surface area contributed by atoms with Crippen molar-refractivity contribution in [1.82, 2.24) is 0 Å². The van der Waals surface area contributed by atoms with Crippen molar-refractivity contribution in [3.63, 3.8) is 0 Å². The van der Waals surface area contributed by atoms with Gasteiger partial charge in [-0.2, -0.15) is 5.26 Å². The van der Waals surface area contributed by atoms with E-state index in [0.717, 1.165) is 0 Å². The monoisotopic (exact) mass is 249 g/mol. The molecule has 0 aliphatic carbocycles. The number of unbranched alkanes of at least 4 members (excludes halogenated alkanes) is 1. The Morgan fingerprint density at radius 2 is 2.06 bits per heavy atom. The smallest absolute Gasteiger partial charge is 0.321 e. The van der Waals surface area contributed by atoms with Crippen molar-refractivity contribution in [3.05, 3.63) is 0 Å². The number of ether oxygens (including phenoxy) is 2. The fourth-order valence-corrected chi connectivity index (χ4v) is 2.07. The fraction of sp³-hybridized carbons (Fsp3) is 0.778. The van der Waals surface area contributed by atoms with E-state index in [2.05, 4.69) is 9.47 Å². The lowest BCUT2D eigenvalue weighted by atomic mass is 10.4. The van der Waals surface area contributed by atoms with Crippen molar-refractivity contribution in [2.45, 2.75) is 12.8 Å². The van der Waals surface area contributed by atoms with Crippen molar-refractivity contribution >= 4 is 15.8 Å². The molecule has 0 saturated carbocycles. The van der Waals surface area contributed by atoms with Gasteiger partial charge >= 0.3 is 5.97 Å². The molecular weight excluding hydrogens is 234 g/mol. The highest BCUT2D eigenvalue weighted by molar-refractivity contribution is 7.92. The van der Waals surface area contributed by atoms with Crippen LogP contribution in [-0.2, 0) is 24.1 Å². The predicted octanol–water partition coefficient (Wildman–Crippen LogP) is -0.105. The Bertz CT molecular complexity index is 343. The van der Waals surface area contributed by atoms with E-state index < -0.39 is 21.6 Å². The maximum absolute atomic E-state index is 11.3. The number of rotatable bonds is 8. The Kier molecular flexibility index (Phi) is 7.50. The Morgan fingerprint density at radius 1 is 1.38 bits per heavy atom. The van der Waals surface area contributed by atoms with Gasteiger partial charge in [-0.05, 0) is 6.42 Å². The van der Waals surface area contributed by atoms with Crippen molar-refractivity contribution in [3.8, 4) is 6.07 Å². The molecule has 0 N–H and O–H groups in total. The van der Waals surface area contributed by atoms with Gasteiger partial charge in [0.05, 0.1) is 18.4 Å². The number of nitrogens with zero attached hydrogens (tertiary/aromatic N) is 1. The summed E-state index contributed by atoms with van der Waals surface area (Å²) in [5.41, 5.74) is 0.